The number of carbonyl (C=O) groups excluding carboxylic acids is 1. The molecular formula is C7H12O5S2. The predicted molar refractivity (Wildman–Crippen MR) is 54.9 cm³/mol. The standard InChI is InChI=1S/C7H12O5S2/c1-2-7(8)12-3-4-13-5-6-14(9,10)11/h2H,1,3-6H2,(H,9,10,11). The number of rotatable bonds is 7. The van der Waals surface area contributed by atoms with Gasteiger partial charge in [-0.2, -0.15) is 20.2 Å². The Morgan fingerprint density at radius 1 is 1.50 bits per heavy atom. The number of thioether (sulfide) groups is 1. The Labute approximate surface area is 87.3 Å². The monoisotopic (exact) mass is 240 g/mol. The van der Waals surface area contributed by atoms with Crippen molar-refractivity contribution in [3.63, 3.8) is 0 Å². The molecule has 0 unspecified atom stereocenters. The molecule has 0 fully saturated rings. The second-order valence-electron chi connectivity index (χ2n) is 2.27. The van der Waals surface area contributed by atoms with Crippen LogP contribution < -0.4 is 0 Å². The minimum atomic E-state index is -3.88. The van der Waals surface area contributed by atoms with Crippen molar-refractivity contribution in [2.45, 2.75) is 0 Å². The van der Waals surface area contributed by atoms with Crippen LogP contribution in [0, 0.1) is 0 Å². The average Bonchev–Trinajstić information content (AvgIpc) is 2.08. The second-order valence-corrected chi connectivity index (χ2v) is 5.07. The first-order valence-corrected chi connectivity index (χ1v) is 6.54. The Morgan fingerprint density at radius 2 is 2.14 bits per heavy atom. The summed E-state index contributed by atoms with van der Waals surface area (Å²) in [6, 6.07) is 0. The zero-order valence-electron chi connectivity index (χ0n) is 7.51. The summed E-state index contributed by atoms with van der Waals surface area (Å²) in [4.78, 5) is 10.5. The van der Waals surface area contributed by atoms with Gasteiger partial charge in [0.05, 0.1) is 5.75 Å². The van der Waals surface area contributed by atoms with Crippen molar-refractivity contribution in [2.24, 2.45) is 0 Å². The summed E-state index contributed by atoms with van der Waals surface area (Å²) in [6.07, 6.45) is 1.06. The Hall–Kier alpha value is -0.530. The van der Waals surface area contributed by atoms with E-state index in [4.69, 9.17) is 4.55 Å². The second kappa shape index (κ2) is 6.86. The fourth-order valence-corrected chi connectivity index (χ4v) is 2.25. The van der Waals surface area contributed by atoms with Crippen molar-refractivity contribution in [1.82, 2.24) is 0 Å². The molecule has 0 spiro atoms. The molecule has 7 heteroatoms. The van der Waals surface area contributed by atoms with Crippen LogP contribution in [0.2, 0.25) is 0 Å². The van der Waals surface area contributed by atoms with Crippen LogP contribution in [0.4, 0.5) is 0 Å². The Bertz CT molecular complexity index is 282. The van der Waals surface area contributed by atoms with E-state index in [0.29, 0.717) is 5.75 Å². The molecule has 0 saturated heterocycles. The number of esters is 1. The van der Waals surface area contributed by atoms with Gasteiger partial charge in [-0.15, -0.1) is 0 Å². The van der Waals surface area contributed by atoms with Crippen LogP contribution in [0.25, 0.3) is 0 Å². The molecule has 0 aliphatic heterocycles. The third-order valence-electron chi connectivity index (χ3n) is 1.12. The van der Waals surface area contributed by atoms with Crippen molar-refractivity contribution in [3.8, 4) is 0 Å². The van der Waals surface area contributed by atoms with Crippen molar-refractivity contribution in [3.05, 3.63) is 12.7 Å². The highest BCUT2D eigenvalue weighted by Crippen LogP contribution is 2.00. The molecule has 14 heavy (non-hydrogen) atoms. The van der Waals surface area contributed by atoms with Gasteiger partial charge in [0.2, 0.25) is 0 Å². The Morgan fingerprint density at radius 3 is 2.64 bits per heavy atom. The van der Waals surface area contributed by atoms with Crippen LogP contribution in [0.1, 0.15) is 0 Å². The molecule has 0 rings (SSSR count). The molecule has 0 aromatic carbocycles. The molecule has 0 aromatic rings. The van der Waals surface area contributed by atoms with E-state index in [-0.39, 0.29) is 18.1 Å². The Balaban J connectivity index is 3.31. The van der Waals surface area contributed by atoms with Gasteiger partial charge in [0, 0.05) is 17.6 Å². The van der Waals surface area contributed by atoms with Gasteiger partial charge < -0.3 is 4.74 Å². The lowest BCUT2D eigenvalue weighted by molar-refractivity contribution is -0.137. The van der Waals surface area contributed by atoms with Crippen molar-refractivity contribution >= 4 is 27.8 Å². The summed E-state index contributed by atoms with van der Waals surface area (Å²) in [7, 11) is -3.88. The van der Waals surface area contributed by atoms with E-state index >= 15 is 0 Å². The van der Waals surface area contributed by atoms with Gasteiger partial charge in [-0.25, -0.2) is 4.79 Å². The lowest BCUT2D eigenvalue weighted by atomic mass is 10.6. The van der Waals surface area contributed by atoms with Gasteiger partial charge in [-0.1, -0.05) is 6.58 Å². The molecule has 0 aliphatic rings. The molecule has 82 valence electrons. The quantitative estimate of drug-likeness (QED) is 0.299. The molecule has 0 saturated carbocycles. The summed E-state index contributed by atoms with van der Waals surface area (Å²) in [6.45, 7) is 3.42. The smallest absolute Gasteiger partial charge is 0.330 e. The topological polar surface area (TPSA) is 80.7 Å². The lowest BCUT2D eigenvalue weighted by Crippen LogP contribution is -2.08. The molecule has 0 amide bonds. The number of hydrogen-bond acceptors (Lipinski definition) is 5. The van der Waals surface area contributed by atoms with E-state index in [2.05, 4.69) is 11.3 Å². The number of carbonyl (C=O) groups is 1. The molecule has 0 radical (unpaired) electrons. The fourth-order valence-electron chi connectivity index (χ4n) is 0.526. The molecule has 0 aromatic heterocycles. The molecule has 0 aliphatic carbocycles. The van der Waals surface area contributed by atoms with E-state index in [9.17, 15) is 13.2 Å². The summed E-state index contributed by atoms with van der Waals surface area (Å²) < 4.78 is 33.5. The van der Waals surface area contributed by atoms with Gasteiger partial charge in [0.25, 0.3) is 10.1 Å². The summed E-state index contributed by atoms with van der Waals surface area (Å²) in [5.74, 6) is -0.00695. The summed E-state index contributed by atoms with van der Waals surface area (Å²) in [5.41, 5.74) is 0. The molecule has 0 heterocycles. The van der Waals surface area contributed by atoms with E-state index in [1.54, 1.807) is 0 Å². The highest BCUT2D eigenvalue weighted by molar-refractivity contribution is 8.00. The predicted octanol–water partition coefficient (Wildman–Crippen LogP) is 0.337. The zero-order valence-corrected chi connectivity index (χ0v) is 9.14. The highest BCUT2D eigenvalue weighted by atomic mass is 32.2. The lowest BCUT2D eigenvalue weighted by Gasteiger charge is -2.01. The third kappa shape index (κ3) is 9.56. The average molecular weight is 240 g/mol. The van der Waals surface area contributed by atoms with Crippen molar-refractivity contribution in [2.75, 3.05) is 23.9 Å². The third-order valence-corrected chi connectivity index (χ3v) is 3.05. The minimum Gasteiger partial charge on any atom is -0.462 e. The SMILES string of the molecule is C=CC(=O)OCCSCCS(=O)(=O)O. The van der Waals surface area contributed by atoms with Crippen LogP contribution in [-0.4, -0.2) is 42.8 Å². The van der Waals surface area contributed by atoms with Crippen molar-refractivity contribution in [1.29, 1.82) is 0 Å². The van der Waals surface area contributed by atoms with Crippen LogP contribution in [0.15, 0.2) is 12.7 Å². The largest absolute Gasteiger partial charge is 0.462 e. The zero-order chi connectivity index (χ0) is 11.0. The van der Waals surface area contributed by atoms with Crippen LogP contribution in [-0.2, 0) is 19.6 Å². The number of hydrogen-bond donors (Lipinski definition) is 1. The first-order chi connectivity index (χ1) is 6.45. The maximum absolute atomic E-state index is 10.5. The first kappa shape index (κ1) is 13.5. The minimum absolute atomic E-state index is 0.209. The molecule has 0 bridgehead atoms. The van der Waals surface area contributed by atoms with E-state index in [0.717, 1.165) is 6.08 Å². The van der Waals surface area contributed by atoms with Crippen LogP contribution in [0.3, 0.4) is 0 Å². The van der Waals surface area contributed by atoms with Crippen LogP contribution in [0.5, 0.6) is 0 Å². The van der Waals surface area contributed by atoms with Gasteiger partial charge in [-0.3, -0.25) is 4.55 Å². The van der Waals surface area contributed by atoms with Gasteiger partial charge in [-0.05, 0) is 0 Å². The normalized spacial score (nSPS) is 10.9. The van der Waals surface area contributed by atoms with Crippen molar-refractivity contribution < 1.29 is 22.5 Å². The highest BCUT2D eigenvalue weighted by Gasteiger charge is 2.03. The maximum atomic E-state index is 10.5. The van der Waals surface area contributed by atoms with Crippen LogP contribution >= 0.6 is 11.8 Å². The first-order valence-electron chi connectivity index (χ1n) is 3.78. The molecule has 1 N–H and O–H groups in total. The summed E-state index contributed by atoms with van der Waals surface area (Å²) >= 11 is 1.28. The molecular weight excluding hydrogens is 228 g/mol. The summed E-state index contributed by atoms with van der Waals surface area (Å²) in [5, 5.41) is 0. The van der Waals surface area contributed by atoms with Gasteiger partial charge in [0.1, 0.15) is 6.61 Å². The van der Waals surface area contributed by atoms with Gasteiger partial charge >= 0.3 is 5.97 Å². The number of ether oxygens (including phenoxy) is 1. The van der Waals surface area contributed by atoms with E-state index in [1.807, 2.05) is 0 Å². The van der Waals surface area contributed by atoms with Gasteiger partial charge in [0.15, 0.2) is 0 Å². The molecule has 0 atom stereocenters. The van der Waals surface area contributed by atoms with E-state index < -0.39 is 16.1 Å². The fraction of sp³-hybridized carbons (Fsp3) is 0.571. The molecule has 5 nitrogen and oxygen atoms in total. The maximum Gasteiger partial charge on any atom is 0.330 e. The van der Waals surface area contributed by atoms with E-state index in [1.165, 1.54) is 11.8 Å². The Kier molecular flexibility index (Phi) is 6.60.